The predicted octanol–water partition coefficient (Wildman–Crippen LogP) is 6.01. The fourth-order valence-electron chi connectivity index (χ4n) is 3.32. The summed E-state index contributed by atoms with van der Waals surface area (Å²) in [5, 5.41) is 11.7. The van der Waals surface area contributed by atoms with Crippen LogP contribution in [0.4, 0.5) is 15.2 Å². The maximum absolute atomic E-state index is 13.1. The number of nitro groups is 1. The van der Waals surface area contributed by atoms with Crippen molar-refractivity contribution in [3.8, 4) is 0 Å². The summed E-state index contributed by atoms with van der Waals surface area (Å²) >= 11 is 2.89. The number of benzene rings is 2. The monoisotopic (exact) mass is 526 g/mol. The largest absolute Gasteiger partial charge is 0.302 e. The molecule has 0 saturated heterocycles. The van der Waals surface area contributed by atoms with Crippen molar-refractivity contribution in [3.63, 3.8) is 0 Å². The number of nitrogens with zero attached hydrogens (tertiary/aromatic N) is 4. The molecule has 1 aromatic heterocycles. The maximum atomic E-state index is 13.1. The van der Waals surface area contributed by atoms with Gasteiger partial charge in [-0.3, -0.25) is 19.8 Å². The minimum absolute atomic E-state index is 0. The fourth-order valence-corrected chi connectivity index (χ4v) is 5.21. The van der Waals surface area contributed by atoms with Crippen LogP contribution in [0.1, 0.15) is 26.7 Å². The van der Waals surface area contributed by atoms with Crippen molar-refractivity contribution in [2.75, 3.05) is 36.8 Å². The van der Waals surface area contributed by atoms with Crippen LogP contribution in [0.2, 0.25) is 0 Å². The molecular weight excluding hydrogens is 499 g/mol. The number of rotatable bonds is 12. The lowest BCUT2D eigenvalue weighted by atomic mass is 10.3. The molecule has 0 atom stereocenters. The Morgan fingerprint density at radius 1 is 1.15 bits per heavy atom. The van der Waals surface area contributed by atoms with Crippen molar-refractivity contribution in [2.45, 2.75) is 31.6 Å². The number of thioether (sulfide) groups is 1. The molecule has 0 aliphatic rings. The fraction of sp³-hybridized carbons (Fsp3) is 0.391. The summed E-state index contributed by atoms with van der Waals surface area (Å²) in [4.78, 5) is 33.3. The van der Waals surface area contributed by atoms with Gasteiger partial charge in [0.2, 0.25) is 5.91 Å². The molecule has 0 N–H and O–H groups in total. The van der Waals surface area contributed by atoms with Crippen LogP contribution in [0.5, 0.6) is 0 Å². The van der Waals surface area contributed by atoms with E-state index in [0.29, 0.717) is 34.7 Å². The summed E-state index contributed by atoms with van der Waals surface area (Å²) in [6.07, 6.45) is 1.04. The zero-order valence-electron chi connectivity index (χ0n) is 19.1. The number of nitro benzene ring substituents is 1. The number of fused-ring (bicyclic) bond motifs is 1. The van der Waals surface area contributed by atoms with Crippen molar-refractivity contribution in [1.82, 2.24) is 9.88 Å². The van der Waals surface area contributed by atoms with Gasteiger partial charge in [-0.25, -0.2) is 9.37 Å². The van der Waals surface area contributed by atoms with E-state index in [1.54, 1.807) is 34.9 Å². The van der Waals surface area contributed by atoms with Gasteiger partial charge < -0.3 is 4.90 Å². The second-order valence-electron chi connectivity index (χ2n) is 7.38. The lowest BCUT2D eigenvalue weighted by Gasteiger charge is -2.24. The van der Waals surface area contributed by atoms with Gasteiger partial charge in [0.25, 0.3) is 5.69 Å². The first-order chi connectivity index (χ1) is 15.9. The smallest absolute Gasteiger partial charge is 0.270 e. The number of amides is 1. The summed E-state index contributed by atoms with van der Waals surface area (Å²) < 4.78 is 13.7. The van der Waals surface area contributed by atoms with E-state index in [1.807, 2.05) is 0 Å². The molecule has 0 bridgehead atoms. The highest BCUT2D eigenvalue weighted by Gasteiger charge is 2.21. The number of halogens is 2. The van der Waals surface area contributed by atoms with Gasteiger partial charge in [0.1, 0.15) is 5.82 Å². The van der Waals surface area contributed by atoms with Crippen molar-refractivity contribution in [2.24, 2.45) is 0 Å². The summed E-state index contributed by atoms with van der Waals surface area (Å²) in [6.45, 7) is 7.17. The Balaban J connectivity index is 0.00000408. The van der Waals surface area contributed by atoms with E-state index in [-0.39, 0.29) is 29.8 Å². The SMILES string of the molecule is CCN(CC)CCN(C(=O)CCCSc1ccc(F)cc1)c1nc2ccc([N+](=O)[O-])cc2s1.Cl. The third kappa shape index (κ3) is 7.63. The van der Waals surface area contributed by atoms with E-state index >= 15 is 0 Å². The minimum atomic E-state index is -0.430. The van der Waals surface area contributed by atoms with Crippen LogP contribution in [-0.4, -0.2) is 52.6 Å². The Morgan fingerprint density at radius 2 is 1.85 bits per heavy atom. The molecular formula is C23H28ClFN4O3S2. The van der Waals surface area contributed by atoms with Crippen LogP contribution >= 0.6 is 35.5 Å². The van der Waals surface area contributed by atoms with Gasteiger partial charge in [-0.05, 0) is 55.6 Å². The third-order valence-electron chi connectivity index (χ3n) is 5.26. The third-order valence-corrected chi connectivity index (χ3v) is 7.39. The number of likely N-dealkylation sites (N-methyl/N-ethyl adjacent to an activating group) is 1. The number of aromatic nitrogens is 1. The number of hydrogen-bond acceptors (Lipinski definition) is 7. The van der Waals surface area contributed by atoms with Gasteiger partial charge in [-0.2, -0.15) is 0 Å². The minimum Gasteiger partial charge on any atom is -0.302 e. The average molecular weight is 527 g/mol. The molecule has 0 radical (unpaired) electrons. The summed E-state index contributed by atoms with van der Waals surface area (Å²) in [5.74, 6) is 0.461. The van der Waals surface area contributed by atoms with Crippen molar-refractivity contribution in [3.05, 3.63) is 58.4 Å². The Morgan fingerprint density at radius 3 is 2.50 bits per heavy atom. The quantitative estimate of drug-likeness (QED) is 0.124. The molecule has 3 rings (SSSR count). The highest BCUT2D eigenvalue weighted by atomic mass is 35.5. The first kappa shape index (κ1) is 28.0. The van der Waals surface area contributed by atoms with Crippen LogP contribution in [0.3, 0.4) is 0 Å². The summed E-state index contributed by atoms with van der Waals surface area (Å²) in [5.41, 5.74) is 0.657. The van der Waals surface area contributed by atoms with Crippen LogP contribution < -0.4 is 4.90 Å². The molecule has 3 aromatic rings. The first-order valence-corrected chi connectivity index (χ1v) is 12.7. The molecule has 0 aliphatic heterocycles. The summed E-state index contributed by atoms with van der Waals surface area (Å²) in [7, 11) is 0. The van der Waals surface area contributed by atoms with Gasteiger partial charge in [0, 0.05) is 36.5 Å². The number of non-ortho nitro benzene ring substituents is 1. The number of thiazole rings is 1. The van der Waals surface area contributed by atoms with Crippen LogP contribution in [0, 0.1) is 15.9 Å². The molecule has 184 valence electrons. The average Bonchev–Trinajstić information content (AvgIpc) is 3.23. The maximum Gasteiger partial charge on any atom is 0.270 e. The molecule has 0 fully saturated rings. The van der Waals surface area contributed by atoms with E-state index in [4.69, 9.17) is 0 Å². The first-order valence-electron chi connectivity index (χ1n) is 10.9. The van der Waals surface area contributed by atoms with E-state index in [2.05, 4.69) is 23.7 Å². The Bertz CT molecular complexity index is 1090. The zero-order valence-corrected chi connectivity index (χ0v) is 21.6. The predicted molar refractivity (Wildman–Crippen MR) is 140 cm³/mol. The van der Waals surface area contributed by atoms with E-state index in [9.17, 15) is 19.3 Å². The van der Waals surface area contributed by atoms with Crippen molar-refractivity contribution >= 4 is 62.4 Å². The zero-order chi connectivity index (χ0) is 23.8. The number of hydrogen-bond donors (Lipinski definition) is 0. The molecule has 0 unspecified atom stereocenters. The van der Waals surface area contributed by atoms with Gasteiger partial charge in [-0.15, -0.1) is 24.2 Å². The van der Waals surface area contributed by atoms with Gasteiger partial charge >= 0.3 is 0 Å². The molecule has 2 aromatic carbocycles. The molecule has 34 heavy (non-hydrogen) atoms. The standard InChI is InChI=1S/C23H27FN4O3S2.ClH/c1-3-26(4-2)13-14-27(22(29)6-5-15-32-19-10-7-17(24)8-11-19)23-25-20-12-9-18(28(30)31)16-21(20)33-23;/h7-12,16H,3-6,13-15H2,1-2H3;1H. The molecule has 0 aliphatic carbocycles. The van der Waals surface area contributed by atoms with Gasteiger partial charge in [0.05, 0.1) is 15.1 Å². The van der Waals surface area contributed by atoms with Crippen molar-refractivity contribution in [1.29, 1.82) is 0 Å². The molecule has 0 saturated carbocycles. The molecule has 7 nitrogen and oxygen atoms in total. The van der Waals surface area contributed by atoms with E-state index < -0.39 is 4.92 Å². The number of carbonyl (C=O) groups is 1. The van der Waals surface area contributed by atoms with Crippen LogP contribution in [0.15, 0.2) is 47.4 Å². The second-order valence-corrected chi connectivity index (χ2v) is 9.56. The normalized spacial score (nSPS) is 10.9. The topological polar surface area (TPSA) is 79.6 Å². The van der Waals surface area contributed by atoms with E-state index in [0.717, 1.165) is 30.3 Å². The number of carbonyl (C=O) groups excluding carboxylic acids is 1. The Kier molecular flexibility index (Phi) is 11.2. The molecule has 11 heteroatoms. The highest BCUT2D eigenvalue weighted by Crippen LogP contribution is 2.32. The Hall–Kier alpha value is -2.27. The number of anilines is 1. The Labute approximate surface area is 212 Å². The van der Waals surface area contributed by atoms with E-state index in [1.165, 1.54) is 35.6 Å². The van der Waals surface area contributed by atoms with Crippen LogP contribution in [0.25, 0.3) is 10.2 Å². The highest BCUT2D eigenvalue weighted by molar-refractivity contribution is 7.99. The lowest BCUT2D eigenvalue weighted by molar-refractivity contribution is -0.384. The summed E-state index contributed by atoms with van der Waals surface area (Å²) in [6, 6.07) is 10.9. The lowest BCUT2D eigenvalue weighted by Crippen LogP contribution is -2.38. The second kappa shape index (κ2) is 13.6. The molecule has 1 amide bonds. The van der Waals surface area contributed by atoms with Crippen molar-refractivity contribution < 1.29 is 14.1 Å². The molecule has 1 heterocycles. The van der Waals surface area contributed by atoms with Gasteiger partial charge in [0.15, 0.2) is 5.13 Å². The van der Waals surface area contributed by atoms with Gasteiger partial charge in [-0.1, -0.05) is 25.2 Å². The van der Waals surface area contributed by atoms with Crippen LogP contribution in [-0.2, 0) is 4.79 Å². The molecule has 0 spiro atoms.